The molecule has 0 bridgehead atoms. The number of phenolic OH excluding ortho intramolecular Hbond substituents is 1. The second kappa shape index (κ2) is 3.77. The van der Waals surface area contributed by atoms with Gasteiger partial charge in [-0.25, -0.2) is 4.39 Å². The molecule has 4 heteroatoms. The molecule has 2 nitrogen and oxygen atoms in total. The first-order valence-electron chi connectivity index (χ1n) is 3.62. The summed E-state index contributed by atoms with van der Waals surface area (Å²) >= 11 is 5.51. The maximum atomic E-state index is 12.8. The van der Waals surface area contributed by atoms with E-state index in [0.717, 1.165) is 6.07 Å². The lowest BCUT2D eigenvalue weighted by molar-refractivity contribution is 0.460. The predicted molar refractivity (Wildman–Crippen MR) is 50.2 cm³/mol. The number of benzene rings is 1. The highest BCUT2D eigenvalue weighted by Crippen LogP contribution is 2.28. The van der Waals surface area contributed by atoms with Crippen molar-refractivity contribution in [3.8, 4) is 5.75 Å². The summed E-state index contributed by atoms with van der Waals surface area (Å²) in [6.07, 6.45) is 1.43. The van der Waals surface area contributed by atoms with Gasteiger partial charge in [0, 0.05) is 11.6 Å². The summed E-state index contributed by atoms with van der Waals surface area (Å²) in [5.41, 5.74) is 5.92. The number of nitrogens with two attached hydrogens (primary N) is 1. The Balaban J connectivity index is 3.22. The third kappa shape index (κ3) is 1.99. The maximum Gasteiger partial charge on any atom is 0.145 e. The van der Waals surface area contributed by atoms with Crippen LogP contribution in [-0.2, 0) is 0 Å². The molecule has 1 aromatic rings. The zero-order valence-corrected chi connectivity index (χ0v) is 7.55. The molecule has 3 N–H and O–H groups in total. The zero-order valence-electron chi connectivity index (χ0n) is 6.80. The van der Waals surface area contributed by atoms with Crippen molar-refractivity contribution in [1.29, 1.82) is 0 Å². The van der Waals surface area contributed by atoms with Gasteiger partial charge in [-0.05, 0) is 6.07 Å². The van der Waals surface area contributed by atoms with Gasteiger partial charge in [0.15, 0.2) is 0 Å². The molecule has 1 aromatic carbocycles. The molecule has 0 saturated carbocycles. The quantitative estimate of drug-likeness (QED) is 0.722. The van der Waals surface area contributed by atoms with Gasteiger partial charge in [0.25, 0.3) is 0 Å². The zero-order chi connectivity index (χ0) is 10.0. The van der Waals surface area contributed by atoms with Gasteiger partial charge < -0.3 is 10.8 Å². The monoisotopic (exact) mass is 201 g/mol. The highest BCUT2D eigenvalue weighted by atomic mass is 35.5. The summed E-state index contributed by atoms with van der Waals surface area (Å²) in [6, 6.07) is 1.68. The third-order valence-electron chi connectivity index (χ3n) is 1.68. The Bertz CT molecular complexity index is 341. The van der Waals surface area contributed by atoms with E-state index in [1.165, 1.54) is 12.1 Å². The number of rotatable bonds is 2. The van der Waals surface area contributed by atoms with Crippen LogP contribution in [0.3, 0.4) is 0 Å². The number of aromatic hydroxyl groups is 1. The summed E-state index contributed by atoms with van der Waals surface area (Å²) in [4.78, 5) is 0. The van der Waals surface area contributed by atoms with Gasteiger partial charge in [-0.2, -0.15) is 0 Å². The second-order valence-electron chi connectivity index (χ2n) is 2.59. The highest BCUT2D eigenvalue weighted by Gasteiger charge is 2.11. The highest BCUT2D eigenvalue weighted by molar-refractivity contribution is 6.30. The lowest BCUT2D eigenvalue weighted by Gasteiger charge is -2.09. The topological polar surface area (TPSA) is 46.2 Å². The van der Waals surface area contributed by atoms with E-state index in [1.807, 2.05) is 0 Å². The molecule has 0 aromatic heterocycles. The van der Waals surface area contributed by atoms with Crippen molar-refractivity contribution in [2.45, 2.75) is 6.04 Å². The minimum atomic E-state index is -0.667. The van der Waals surface area contributed by atoms with Crippen LogP contribution in [0.1, 0.15) is 11.6 Å². The normalized spacial score (nSPS) is 12.5. The SMILES string of the molecule is C=CC(N)c1cc(Cl)c(F)cc1O. The molecule has 1 rings (SSSR count). The Morgan fingerprint density at radius 1 is 1.62 bits per heavy atom. The fourth-order valence-electron chi connectivity index (χ4n) is 0.946. The fourth-order valence-corrected chi connectivity index (χ4v) is 1.12. The second-order valence-corrected chi connectivity index (χ2v) is 2.99. The van der Waals surface area contributed by atoms with E-state index in [1.54, 1.807) is 0 Å². The maximum absolute atomic E-state index is 12.8. The molecule has 0 spiro atoms. The van der Waals surface area contributed by atoms with Crippen LogP contribution in [-0.4, -0.2) is 5.11 Å². The van der Waals surface area contributed by atoms with Crippen molar-refractivity contribution in [1.82, 2.24) is 0 Å². The Hall–Kier alpha value is -1.06. The van der Waals surface area contributed by atoms with E-state index in [2.05, 4.69) is 6.58 Å². The first-order valence-corrected chi connectivity index (χ1v) is 4.00. The first-order chi connectivity index (χ1) is 6.06. The average Bonchev–Trinajstić information content (AvgIpc) is 2.10. The van der Waals surface area contributed by atoms with E-state index in [4.69, 9.17) is 17.3 Å². The molecule has 13 heavy (non-hydrogen) atoms. The Morgan fingerprint density at radius 3 is 2.77 bits per heavy atom. The Morgan fingerprint density at radius 2 is 2.23 bits per heavy atom. The van der Waals surface area contributed by atoms with Gasteiger partial charge >= 0.3 is 0 Å². The molecule has 0 heterocycles. The van der Waals surface area contributed by atoms with Crippen LogP contribution in [0, 0.1) is 5.82 Å². The Labute approximate surface area is 80.4 Å². The minimum Gasteiger partial charge on any atom is -0.507 e. The summed E-state index contributed by atoms with van der Waals surface area (Å²) in [5, 5.41) is 9.23. The van der Waals surface area contributed by atoms with Crippen LogP contribution >= 0.6 is 11.6 Å². The van der Waals surface area contributed by atoms with Gasteiger partial charge in [-0.1, -0.05) is 17.7 Å². The molecule has 0 fully saturated rings. The molecule has 70 valence electrons. The molecule has 0 aliphatic rings. The van der Waals surface area contributed by atoms with Gasteiger partial charge in [0.1, 0.15) is 11.6 Å². The standard InChI is InChI=1S/C9H9ClFNO/c1-2-8(12)5-3-6(10)7(11)4-9(5)13/h2-4,8,13H,1,12H2. The molecule has 1 unspecified atom stereocenters. The van der Waals surface area contributed by atoms with Crippen molar-refractivity contribution in [2.75, 3.05) is 0 Å². The summed E-state index contributed by atoms with van der Waals surface area (Å²) in [6.45, 7) is 3.46. The van der Waals surface area contributed by atoms with E-state index in [0.29, 0.717) is 5.56 Å². The molecular formula is C9H9ClFNO. The van der Waals surface area contributed by atoms with Gasteiger partial charge in [-0.3, -0.25) is 0 Å². The first kappa shape index (κ1) is 10.0. The lowest BCUT2D eigenvalue weighted by Crippen LogP contribution is -2.06. The van der Waals surface area contributed by atoms with Crippen LogP contribution in [0.4, 0.5) is 4.39 Å². The van der Waals surface area contributed by atoms with Crippen LogP contribution in [0.25, 0.3) is 0 Å². The third-order valence-corrected chi connectivity index (χ3v) is 1.97. The number of hydrogen-bond donors (Lipinski definition) is 2. The molecule has 0 aliphatic carbocycles. The van der Waals surface area contributed by atoms with Crippen LogP contribution in [0.5, 0.6) is 5.75 Å². The van der Waals surface area contributed by atoms with Crippen molar-refractivity contribution in [3.63, 3.8) is 0 Å². The number of hydrogen-bond acceptors (Lipinski definition) is 2. The average molecular weight is 202 g/mol. The number of phenols is 1. The van der Waals surface area contributed by atoms with E-state index in [-0.39, 0.29) is 10.8 Å². The van der Waals surface area contributed by atoms with Crippen molar-refractivity contribution in [2.24, 2.45) is 5.73 Å². The van der Waals surface area contributed by atoms with E-state index in [9.17, 15) is 9.50 Å². The van der Waals surface area contributed by atoms with Gasteiger partial charge in [0.05, 0.1) is 11.1 Å². The largest absolute Gasteiger partial charge is 0.507 e. The molecule has 1 atom stereocenters. The molecule has 0 aliphatic heterocycles. The lowest BCUT2D eigenvalue weighted by atomic mass is 10.1. The van der Waals surface area contributed by atoms with E-state index >= 15 is 0 Å². The summed E-state index contributed by atoms with van der Waals surface area (Å²) < 4.78 is 12.8. The van der Waals surface area contributed by atoms with E-state index < -0.39 is 11.9 Å². The number of halogens is 2. The van der Waals surface area contributed by atoms with Crippen LogP contribution in [0.15, 0.2) is 24.8 Å². The van der Waals surface area contributed by atoms with Crippen molar-refractivity contribution in [3.05, 3.63) is 41.2 Å². The van der Waals surface area contributed by atoms with Gasteiger partial charge in [-0.15, -0.1) is 6.58 Å². The summed E-state index contributed by atoms with van der Waals surface area (Å²) in [7, 11) is 0. The van der Waals surface area contributed by atoms with Crippen LogP contribution in [0.2, 0.25) is 5.02 Å². The van der Waals surface area contributed by atoms with Crippen molar-refractivity contribution < 1.29 is 9.50 Å². The minimum absolute atomic E-state index is 0.0647. The fraction of sp³-hybridized carbons (Fsp3) is 0.111. The molecule has 0 saturated heterocycles. The smallest absolute Gasteiger partial charge is 0.145 e. The van der Waals surface area contributed by atoms with Crippen LogP contribution < -0.4 is 5.73 Å². The molecular weight excluding hydrogens is 193 g/mol. The Kier molecular flexibility index (Phi) is 2.90. The molecule has 0 radical (unpaired) electrons. The molecule has 0 amide bonds. The predicted octanol–water partition coefficient (Wildman–Crippen LogP) is 2.37. The van der Waals surface area contributed by atoms with Crippen molar-refractivity contribution >= 4 is 11.6 Å². The summed E-state index contributed by atoms with van der Waals surface area (Å²) in [5.74, 6) is -0.881. The van der Waals surface area contributed by atoms with Gasteiger partial charge in [0.2, 0.25) is 0 Å².